The zero-order chi connectivity index (χ0) is 17.8. The smallest absolute Gasteiger partial charge is 0.132 e. The Labute approximate surface area is 160 Å². The van der Waals surface area contributed by atoms with Crippen LogP contribution in [0.4, 0.5) is 11.5 Å². The Kier molecular flexibility index (Phi) is 5.56. The van der Waals surface area contributed by atoms with Crippen molar-refractivity contribution in [3.63, 3.8) is 0 Å². The highest BCUT2D eigenvalue weighted by Gasteiger charge is 2.18. The zero-order valence-electron chi connectivity index (χ0n) is 15.1. The number of hydrogen-bond acceptors (Lipinski definition) is 5. The number of nitrogens with zero attached hydrogens (tertiary/aromatic N) is 4. The number of hydrogen-bond donors (Lipinski definition) is 1. The van der Waals surface area contributed by atoms with E-state index in [0.29, 0.717) is 0 Å². The highest BCUT2D eigenvalue weighted by Crippen LogP contribution is 2.24. The fraction of sp³-hybridized carbons (Fsp3) is 0.500. The molecule has 2 aromatic rings. The summed E-state index contributed by atoms with van der Waals surface area (Å²) in [6.45, 7) is 6.28. The summed E-state index contributed by atoms with van der Waals surface area (Å²) in [7, 11) is 0. The molecule has 1 aliphatic heterocycles. The predicted molar refractivity (Wildman–Crippen MR) is 107 cm³/mol. The standard InChI is InChI=1S/C20H26ClN5/c21-16-5-7-17(8-6-16)26-13-11-25(12-14-26)10-9-22-20-18-3-1-2-4-19(18)23-15-24-20/h5-8,15H,1-4,9-14H2,(H,22,23,24). The van der Waals surface area contributed by atoms with Crippen molar-refractivity contribution in [2.45, 2.75) is 25.7 Å². The van der Waals surface area contributed by atoms with Crippen LogP contribution in [0.3, 0.4) is 0 Å². The highest BCUT2D eigenvalue weighted by molar-refractivity contribution is 6.30. The molecule has 2 heterocycles. The summed E-state index contributed by atoms with van der Waals surface area (Å²) in [4.78, 5) is 13.9. The van der Waals surface area contributed by atoms with Crippen molar-refractivity contribution in [2.75, 3.05) is 49.5 Å². The van der Waals surface area contributed by atoms with E-state index >= 15 is 0 Å². The maximum atomic E-state index is 5.98. The average Bonchev–Trinajstić information content (AvgIpc) is 2.69. The molecule has 0 atom stereocenters. The van der Waals surface area contributed by atoms with Gasteiger partial charge in [0.25, 0.3) is 0 Å². The third kappa shape index (κ3) is 4.10. The summed E-state index contributed by atoms with van der Waals surface area (Å²) < 4.78 is 0. The van der Waals surface area contributed by atoms with Gasteiger partial charge in [-0.2, -0.15) is 0 Å². The molecule has 4 rings (SSSR count). The SMILES string of the molecule is Clc1ccc(N2CCN(CCNc3ncnc4c3CCCC4)CC2)cc1. The molecule has 0 unspecified atom stereocenters. The minimum absolute atomic E-state index is 0.797. The molecule has 0 amide bonds. The first kappa shape index (κ1) is 17.6. The van der Waals surface area contributed by atoms with Crippen LogP contribution in [0.15, 0.2) is 30.6 Å². The number of anilines is 2. The van der Waals surface area contributed by atoms with Gasteiger partial charge in [-0.1, -0.05) is 11.6 Å². The number of halogens is 1. The number of fused-ring (bicyclic) bond motifs is 1. The van der Waals surface area contributed by atoms with E-state index < -0.39 is 0 Å². The van der Waals surface area contributed by atoms with Gasteiger partial charge in [0.05, 0.1) is 0 Å². The third-order valence-corrected chi connectivity index (χ3v) is 5.66. The van der Waals surface area contributed by atoms with E-state index in [4.69, 9.17) is 11.6 Å². The first-order chi connectivity index (χ1) is 12.8. The predicted octanol–water partition coefficient (Wildman–Crippen LogP) is 3.24. The van der Waals surface area contributed by atoms with E-state index in [9.17, 15) is 0 Å². The molecule has 0 saturated carbocycles. The molecule has 1 fully saturated rings. The summed E-state index contributed by atoms with van der Waals surface area (Å²) >= 11 is 5.98. The average molecular weight is 372 g/mol. The van der Waals surface area contributed by atoms with Gasteiger partial charge in [-0.25, -0.2) is 9.97 Å². The first-order valence-electron chi connectivity index (χ1n) is 9.59. The summed E-state index contributed by atoms with van der Waals surface area (Å²) in [6.07, 6.45) is 6.41. The molecule has 0 spiro atoms. The maximum Gasteiger partial charge on any atom is 0.132 e. The number of aromatic nitrogens is 2. The molecule has 1 saturated heterocycles. The number of rotatable bonds is 5. The normalized spacial score (nSPS) is 17.8. The van der Waals surface area contributed by atoms with E-state index in [2.05, 4.69) is 37.2 Å². The third-order valence-electron chi connectivity index (χ3n) is 5.41. The van der Waals surface area contributed by atoms with Gasteiger partial charge in [0.1, 0.15) is 12.1 Å². The van der Waals surface area contributed by atoms with Crippen LogP contribution in [0.1, 0.15) is 24.1 Å². The molecule has 2 aliphatic rings. The minimum atomic E-state index is 0.797. The van der Waals surface area contributed by atoms with Crippen LogP contribution in [-0.4, -0.2) is 54.1 Å². The molecule has 1 aliphatic carbocycles. The molecule has 5 nitrogen and oxygen atoms in total. The van der Waals surface area contributed by atoms with Crippen LogP contribution in [-0.2, 0) is 12.8 Å². The second-order valence-electron chi connectivity index (χ2n) is 7.09. The van der Waals surface area contributed by atoms with Crippen molar-refractivity contribution in [1.29, 1.82) is 0 Å². The van der Waals surface area contributed by atoms with Crippen molar-refractivity contribution in [3.8, 4) is 0 Å². The first-order valence-corrected chi connectivity index (χ1v) is 9.97. The van der Waals surface area contributed by atoms with Gasteiger partial charge < -0.3 is 10.2 Å². The lowest BCUT2D eigenvalue weighted by Crippen LogP contribution is -2.47. The number of piperazine rings is 1. The van der Waals surface area contributed by atoms with Crippen LogP contribution < -0.4 is 10.2 Å². The molecule has 1 aromatic heterocycles. The van der Waals surface area contributed by atoms with Crippen LogP contribution in [0.5, 0.6) is 0 Å². The lowest BCUT2D eigenvalue weighted by Gasteiger charge is -2.36. The van der Waals surface area contributed by atoms with Crippen molar-refractivity contribution in [2.24, 2.45) is 0 Å². The lowest BCUT2D eigenvalue weighted by atomic mass is 9.96. The van der Waals surface area contributed by atoms with Crippen LogP contribution in [0.25, 0.3) is 0 Å². The molecule has 6 heteroatoms. The lowest BCUT2D eigenvalue weighted by molar-refractivity contribution is 0.267. The highest BCUT2D eigenvalue weighted by atomic mass is 35.5. The Hall–Kier alpha value is -1.85. The molecular weight excluding hydrogens is 346 g/mol. The van der Waals surface area contributed by atoms with Gasteiger partial charge in [-0.15, -0.1) is 0 Å². The van der Waals surface area contributed by atoms with Gasteiger partial charge in [0.15, 0.2) is 0 Å². The van der Waals surface area contributed by atoms with Gasteiger partial charge in [-0.05, 0) is 49.9 Å². The number of aryl methyl sites for hydroxylation is 1. The summed E-state index contributed by atoms with van der Waals surface area (Å²) in [5, 5.41) is 4.34. The molecule has 26 heavy (non-hydrogen) atoms. The summed E-state index contributed by atoms with van der Waals surface area (Å²) in [6, 6.07) is 8.15. The van der Waals surface area contributed by atoms with Crippen molar-refractivity contribution >= 4 is 23.1 Å². The fourth-order valence-electron chi connectivity index (χ4n) is 3.89. The van der Waals surface area contributed by atoms with E-state index in [1.54, 1.807) is 6.33 Å². The van der Waals surface area contributed by atoms with Crippen molar-refractivity contribution in [1.82, 2.24) is 14.9 Å². The Morgan fingerprint density at radius 3 is 2.54 bits per heavy atom. The van der Waals surface area contributed by atoms with Gasteiger partial charge in [-0.3, -0.25) is 4.90 Å². The van der Waals surface area contributed by atoms with Crippen LogP contribution in [0.2, 0.25) is 5.02 Å². The number of benzene rings is 1. The zero-order valence-corrected chi connectivity index (χ0v) is 15.9. The summed E-state index contributed by atoms with van der Waals surface area (Å²) in [5.41, 5.74) is 3.84. The van der Waals surface area contributed by atoms with Crippen molar-refractivity contribution in [3.05, 3.63) is 46.9 Å². The van der Waals surface area contributed by atoms with Crippen LogP contribution in [0, 0.1) is 0 Å². The monoisotopic (exact) mass is 371 g/mol. The van der Waals surface area contributed by atoms with E-state index in [0.717, 1.165) is 63.0 Å². The van der Waals surface area contributed by atoms with Crippen LogP contribution >= 0.6 is 11.6 Å². The second-order valence-corrected chi connectivity index (χ2v) is 7.52. The minimum Gasteiger partial charge on any atom is -0.369 e. The second kappa shape index (κ2) is 8.23. The van der Waals surface area contributed by atoms with Crippen molar-refractivity contribution < 1.29 is 0 Å². The quantitative estimate of drug-likeness (QED) is 0.874. The molecule has 138 valence electrons. The Morgan fingerprint density at radius 1 is 0.962 bits per heavy atom. The summed E-state index contributed by atoms with van der Waals surface area (Å²) in [5.74, 6) is 1.05. The molecular formula is C20H26ClN5. The van der Waals surface area contributed by atoms with Gasteiger partial charge in [0, 0.05) is 61.2 Å². The molecule has 0 radical (unpaired) electrons. The maximum absolute atomic E-state index is 5.98. The fourth-order valence-corrected chi connectivity index (χ4v) is 4.01. The van der Waals surface area contributed by atoms with Gasteiger partial charge >= 0.3 is 0 Å². The number of nitrogens with one attached hydrogen (secondary N) is 1. The molecule has 1 aromatic carbocycles. The van der Waals surface area contributed by atoms with E-state index in [1.807, 2.05) is 12.1 Å². The Bertz CT molecular complexity index is 725. The molecule has 1 N–H and O–H groups in total. The molecule has 0 bridgehead atoms. The Balaban J connectivity index is 1.25. The van der Waals surface area contributed by atoms with E-state index in [1.165, 1.54) is 29.8 Å². The largest absolute Gasteiger partial charge is 0.369 e. The Morgan fingerprint density at radius 2 is 1.73 bits per heavy atom. The topological polar surface area (TPSA) is 44.3 Å². The van der Waals surface area contributed by atoms with E-state index in [-0.39, 0.29) is 0 Å². The van der Waals surface area contributed by atoms with Gasteiger partial charge in [0.2, 0.25) is 0 Å².